The second-order valence-electron chi connectivity index (χ2n) is 3.62. The minimum atomic E-state index is 0.373. The van der Waals surface area contributed by atoms with E-state index in [1.54, 1.807) is 18.0 Å². The number of thioether (sulfide) groups is 1. The molecule has 0 saturated carbocycles. The van der Waals surface area contributed by atoms with Crippen LogP contribution in [0, 0.1) is 0 Å². The summed E-state index contributed by atoms with van der Waals surface area (Å²) in [5.41, 5.74) is 1.93. The van der Waals surface area contributed by atoms with E-state index in [-0.39, 0.29) is 0 Å². The van der Waals surface area contributed by atoms with Gasteiger partial charge in [-0.25, -0.2) is 9.97 Å². The molecule has 3 aromatic rings. The lowest BCUT2D eigenvalue weighted by Crippen LogP contribution is -2.00. The van der Waals surface area contributed by atoms with E-state index in [2.05, 4.69) is 15.0 Å². The van der Waals surface area contributed by atoms with E-state index in [0.29, 0.717) is 11.0 Å². The second kappa shape index (κ2) is 4.59. The smallest absolute Gasteiger partial charge is 0.174 e. The van der Waals surface area contributed by atoms with Gasteiger partial charge >= 0.3 is 0 Å². The minimum Gasteiger partial charge on any atom is -0.270 e. The van der Waals surface area contributed by atoms with E-state index in [9.17, 15) is 0 Å². The molecule has 2 heterocycles. The van der Waals surface area contributed by atoms with Gasteiger partial charge in [-0.2, -0.15) is 0 Å². The van der Waals surface area contributed by atoms with E-state index in [1.807, 2.05) is 35.1 Å². The average molecular weight is 277 g/mol. The number of nitrogens with zero attached hydrogens (tertiary/aromatic N) is 4. The van der Waals surface area contributed by atoms with Gasteiger partial charge in [-0.1, -0.05) is 35.5 Å². The molecule has 0 radical (unpaired) electrons. The van der Waals surface area contributed by atoms with Crippen LogP contribution in [0.25, 0.3) is 16.9 Å². The number of aromatic nitrogens is 4. The Kier molecular flexibility index (Phi) is 2.93. The van der Waals surface area contributed by atoms with E-state index >= 15 is 0 Å². The van der Waals surface area contributed by atoms with E-state index in [0.717, 1.165) is 16.2 Å². The maximum atomic E-state index is 5.89. The van der Waals surface area contributed by atoms with Gasteiger partial charge in [0.25, 0.3) is 0 Å². The van der Waals surface area contributed by atoms with Crippen LogP contribution in [0.5, 0.6) is 0 Å². The third-order valence-corrected chi connectivity index (χ3v) is 3.36. The van der Waals surface area contributed by atoms with E-state index in [1.165, 1.54) is 6.20 Å². The molecule has 0 N–H and O–H groups in total. The Morgan fingerprint density at radius 1 is 1.17 bits per heavy atom. The maximum Gasteiger partial charge on any atom is 0.174 e. The van der Waals surface area contributed by atoms with Gasteiger partial charge in [-0.3, -0.25) is 9.55 Å². The first-order valence-electron chi connectivity index (χ1n) is 5.29. The number of hydrogen-bond donors (Lipinski definition) is 0. The average Bonchev–Trinajstić information content (AvgIpc) is 2.77. The summed E-state index contributed by atoms with van der Waals surface area (Å²) in [4.78, 5) is 12.9. The van der Waals surface area contributed by atoms with Crippen molar-refractivity contribution in [2.45, 2.75) is 5.16 Å². The van der Waals surface area contributed by atoms with Crippen LogP contribution in [0.1, 0.15) is 0 Å². The molecule has 18 heavy (non-hydrogen) atoms. The molecule has 1 aromatic carbocycles. The van der Waals surface area contributed by atoms with Crippen LogP contribution in [-0.4, -0.2) is 25.8 Å². The fourth-order valence-electron chi connectivity index (χ4n) is 1.80. The summed E-state index contributed by atoms with van der Waals surface area (Å²) in [5.74, 6) is 0.681. The predicted octanol–water partition coefficient (Wildman–Crippen LogP) is 3.19. The van der Waals surface area contributed by atoms with Gasteiger partial charge in [0.1, 0.15) is 5.15 Å². The Morgan fingerprint density at radius 3 is 2.78 bits per heavy atom. The normalized spacial score (nSPS) is 11.0. The quantitative estimate of drug-likeness (QED) is 0.674. The molecule has 3 rings (SSSR count). The number of imidazole rings is 1. The molecule has 0 amide bonds. The third-order valence-electron chi connectivity index (χ3n) is 2.53. The first-order valence-corrected chi connectivity index (χ1v) is 6.89. The van der Waals surface area contributed by atoms with Crippen LogP contribution >= 0.6 is 23.4 Å². The highest BCUT2D eigenvalue weighted by Crippen LogP contribution is 2.25. The van der Waals surface area contributed by atoms with Gasteiger partial charge in [0.15, 0.2) is 11.0 Å². The van der Waals surface area contributed by atoms with Crippen LogP contribution in [0.4, 0.5) is 0 Å². The van der Waals surface area contributed by atoms with Crippen molar-refractivity contribution in [1.29, 1.82) is 0 Å². The molecule has 4 nitrogen and oxygen atoms in total. The molecule has 0 fully saturated rings. The van der Waals surface area contributed by atoms with Crippen molar-refractivity contribution in [1.82, 2.24) is 19.5 Å². The zero-order chi connectivity index (χ0) is 12.5. The SMILES string of the molecule is CSc1nc2ccccc2n1-c1cncc(Cl)n1. The van der Waals surface area contributed by atoms with Crippen molar-refractivity contribution in [3.8, 4) is 5.82 Å². The molecule has 2 aromatic heterocycles. The van der Waals surface area contributed by atoms with Crippen molar-refractivity contribution in [2.24, 2.45) is 0 Å². The zero-order valence-corrected chi connectivity index (χ0v) is 11.1. The Balaban J connectivity index is 2.33. The fraction of sp³-hybridized carbons (Fsp3) is 0.0833. The first kappa shape index (κ1) is 11.5. The Hall–Kier alpha value is -1.59. The molecule has 0 atom stereocenters. The van der Waals surface area contributed by atoms with Crippen molar-refractivity contribution in [3.05, 3.63) is 41.8 Å². The number of hydrogen-bond acceptors (Lipinski definition) is 4. The number of rotatable bonds is 2. The summed E-state index contributed by atoms with van der Waals surface area (Å²) in [6, 6.07) is 7.92. The highest BCUT2D eigenvalue weighted by atomic mass is 35.5. The summed E-state index contributed by atoms with van der Waals surface area (Å²) in [6.45, 7) is 0. The standard InChI is InChI=1S/C12H9ClN4S/c1-18-12-15-8-4-2-3-5-9(8)17(12)11-7-14-6-10(13)16-11/h2-7H,1H3. The Labute approximate surface area is 113 Å². The Bertz CT molecular complexity index is 710. The Morgan fingerprint density at radius 2 is 2.00 bits per heavy atom. The monoisotopic (exact) mass is 276 g/mol. The van der Waals surface area contributed by atoms with Crippen LogP contribution in [0.3, 0.4) is 0 Å². The van der Waals surface area contributed by atoms with Crippen molar-refractivity contribution in [2.75, 3.05) is 6.26 Å². The van der Waals surface area contributed by atoms with Gasteiger partial charge in [-0.15, -0.1) is 0 Å². The van der Waals surface area contributed by atoms with Crippen LogP contribution in [-0.2, 0) is 0 Å². The molecule has 0 spiro atoms. The summed E-state index contributed by atoms with van der Waals surface area (Å²) in [7, 11) is 0. The molecule has 0 saturated heterocycles. The lowest BCUT2D eigenvalue weighted by atomic mass is 10.3. The maximum absolute atomic E-state index is 5.89. The molecule has 0 unspecified atom stereocenters. The summed E-state index contributed by atoms with van der Waals surface area (Å²) >= 11 is 7.46. The molecule has 0 aliphatic heterocycles. The van der Waals surface area contributed by atoms with Gasteiger partial charge in [0.05, 0.1) is 23.4 Å². The third kappa shape index (κ3) is 1.85. The summed E-state index contributed by atoms with van der Waals surface area (Å²) < 4.78 is 1.96. The van der Waals surface area contributed by atoms with Crippen LogP contribution in [0.2, 0.25) is 5.15 Å². The number of fused-ring (bicyclic) bond motifs is 1. The predicted molar refractivity (Wildman–Crippen MR) is 73.5 cm³/mol. The summed E-state index contributed by atoms with van der Waals surface area (Å²) in [5, 5.41) is 1.24. The molecule has 0 bridgehead atoms. The first-order chi connectivity index (χ1) is 8.79. The zero-order valence-electron chi connectivity index (χ0n) is 9.54. The summed E-state index contributed by atoms with van der Waals surface area (Å²) in [6.07, 6.45) is 5.18. The number of benzene rings is 1. The molecular formula is C12H9ClN4S. The lowest BCUT2D eigenvalue weighted by Gasteiger charge is -2.05. The van der Waals surface area contributed by atoms with Crippen molar-refractivity contribution in [3.63, 3.8) is 0 Å². The van der Waals surface area contributed by atoms with Gasteiger partial charge in [0.2, 0.25) is 0 Å². The number of para-hydroxylation sites is 2. The largest absolute Gasteiger partial charge is 0.270 e. The van der Waals surface area contributed by atoms with Crippen molar-refractivity contribution < 1.29 is 0 Å². The highest BCUT2D eigenvalue weighted by Gasteiger charge is 2.12. The van der Waals surface area contributed by atoms with Crippen LogP contribution in [0.15, 0.2) is 41.8 Å². The van der Waals surface area contributed by atoms with Gasteiger partial charge in [0, 0.05) is 0 Å². The topological polar surface area (TPSA) is 43.6 Å². The van der Waals surface area contributed by atoms with E-state index < -0.39 is 0 Å². The molecule has 90 valence electrons. The molecule has 0 aliphatic carbocycles. The second-order valence-corrected chi connectivity index (χ2v) is 4.78. The fourth-order valence-corrected chi connectivity index (χ4v) is 2.51. The van der Waals surface area contributed by atoms with Gasteiger partial charge < -0.3 is 0 Å². The van der Waals surface area contributed by atoms with Crippen molar-refractivity contribution >= 4 is 34.4 Å². The molecular weight excluding hydrogens is 268 g/mol. The van der Waals surface area contributed by atoms with Gasteiger partial charge in [-0.05, 0) is 18.4 Å². The lowest BCUT2D eigenvalue weighted by molar-refractivity contribution is 0.878. The van der Waals surface area contributed by atoms with Crippen LogP contribution < -0.4 is 0 Å². The highest BCUT2D eigenvalue weighted by molar-refractivity contribution is 7.98. The molecule has 0 aliphatic rings. The van der Waals surface area contributed by atoms with E-state index in [4.69, 9.17) is 11.6 Å². The number of halogens is 1. The minimum absolute atomic E-state index is 0.373. The molecule has 6 heteroatoms.